The van der Waals surface area contributed by atoms with E-state index in [1.54, 1.807) is 5.48 Å². The summed E-state index contributed by atoms with van der Waals surface area (Å²) in [6, 6.07) is 0. The zero-order valence-electron chi connectivity index (χ0n) is 3.70. The maximum Gasteiger partial charge on any atom is 0.0660 e. The van der Waals surface area contributed by atoms with Crippen LogP contribution in [-0.4, -0.2) is 33.9 Å². The predicted octanol–water partition coefficient (Wildman–Crippen LogP) is -0.954. The first kappa shape index (κ1) is 6.80. The number of hydrogen-bond donors (Lipinski definition) is 4. The Morgan fingerprint density at radius 2 is 2.00 bits per heavy atom. The number of rotatable bonds is 3. The SMILES string of the molecule is ONCCN(O)O. The molecule has 0 unspecified atom stereocenters. The van der Waals surface area contributed by atoms with Gasteiger partial charge in [-0.25, -0.2) is 5.48 Å². The highest BCUT2D eigenvalue weighted by Crippen LogP contribution is 1.65. The Hall–Kier alpha value is -0.200. The second-order valence-corrected chi connectivity index (χ2v) is 1.00. The van der Waals surface area contributed by atoms with Crippen LogP contribution in [0.1, 0.15) is 0 Å². The zero-order chi connectivity index (χ0) is 5.70. The molecule has 0 aromatic rings. The molecule has 0 saturated carbocycles. The van der Waals surface area contributed by atoms with E-state index >= 15 is 0 Å². The molecule has 44 valence electrons. The molecule has 7 heavy (non-hydrogen) atoms. The molecule has 0 atom stereocenters. The van der Waals surface area contributed by atoms with Crippen LogP contribution in [0, 0.1) is 0 Å². The van der Waals surface area contributed by atoms with Gasteiger partial charge in [-0.05, 0) is 0 Å². The standard InChI is InChI=1S/C2H8N2O3/c5-3-1-2-4(6)7/h3,5-7H,1-2H2. The number of nitrogens with zero attached hydrogens (tertiary/aromatic N) is 1. The summed E-state index contributed by atoms with van der Waals surface area (Å²) in [5.41, 5.74) is 1.74. The van der Waals surface area contributed by atoms with Crippen LogP contribution in [0.5, 0.6) is 0 Å². The Kier molecular flexibility index (Phi) is 3.86. The average molecular weight is 108 g/mol. The van der Waals surface area contributed by atoms with Gasteiger partial charge < -0.3 is 5.21 Å². The normalized spacial score (nSPS) is 10.3. The molecule has 0 aliphatic heterocycles. The summed E-state index contributed by atoms with van der Waals surface area (Å²) in [6.07, 6.45) is 0. The minimum atomic E-state index is -0.0174. The fraction of sp³-hybridized carbons (Fsp3) is 1.00. The van der Waals surface area contributed by atoms with Crippen LogP contribution >= 0.6 is 0 Å². The summed E-state index contributed by atoms with van der Waals surface area (Å²) in [7, 11) is 0. The average Bonchev–Trinajstić information content (AvgIpc) is 1.61. The fourth-order valence-electron chi connectivity index (χ4n) is 0.150. The molecular weight excluding hydrogens is 100 g/mol. The van der Waals surface area contributed by atoms with Crippen molar-refractivity contribution in [3.63, 3.8) is 0 Å². The monoisotopic (exact) mass is 108 g/mol. The highest BCUT2D eigenvalue weighted by Gasteiger charge is 1.87. The molecule has 5 heteroatoms. The van der Waals surface area contributed by atoms with Gasteiger partial charge in [0.15, 0.2) is 0 Å². The van der Waals surface area contributed by atoms with Gasteiger partial charge in [-0.2, -0.15) is 0 Å². The maximum absolute atomic E-state index is 7.92. The molecule has 0 fully saturated rings. The van der Waals surface area contributed by atoms with E-state index in [0.29, 0.717) is 0 Å². The van der Waals surface area contributed by atoms with Gasteiger partial charge in [0.1, 0.15) is 0 Å². The molecule has 0 aliphatic carbocycles. The maximum atomic E-state index is 7.92. The Balaban J connectivity index is 2.68. The van der Waals surface area contributed by atoms with Gasteiger partial charge in [0.2, 0.25) is 0 Å². The fourth-order valence-corrected chi connectivity index (χ4v) is 0.150. The summed E-state index contributed by atoms with van der Waals surface area (Å²) in [4.78, 5) is 0. The summed E-state index contributed by atoms with van der Waals surface area (Å²) in [5, 5.41) is 23.6. The smallest absolute Gasteiger partial charge is 0.0660 e. The van der Waals surface area contributed by atoms with Crippen molar-refractivity contribution in [3.05, 3.63) is 0 Å². The second kappa shape index (κ2) is 3.97. The van der Waals surface area contributed by atoms with Crippen molar-refractivity contribution in [2.75, 3.05) is 13.1 Å². The molecule has 0 aliphatic rings. The van der Waals surface area contributed by atoms with Crippen molar-refractivity contribution in [3.8, 4) is 0 Å². The molecule has 0 aromatic carbocycles. The van der Waals surface area contributed by atoms with Gasteiger partial charge in [0.05, 0.1) is 6.54 Å². The van der Waals surface area contributed by atoms with E-state index in [0.717, 1.165) is 0 Å². The Morgan fingerprint density at radius 1 is 1.43 bits per heavy atom. The lowest BCUT2D eigenvalue weighted by Crippen LogP contribution is -2.24. The van der Waals surface area contributed by atoms with Crippen molar-refractivity contribution in [2.45, 2.75) is 0 Å². The molecule has 4 N–H and O–H groups in total. The molecule has 5 nitrogen and oxygen atoms in total. The van der Waals surface area contributed by atoms with Crippen LogP contribution in [0.3, 0.4) is 0 Å². The molecular formula is C2H8N2O3. The van der Waals surface area contributed by atoms with Crippen molar-refractivity contribution < 1.29 is 15.6 Å². The summed E-state index contributed by atoms with van der Waals surface area (Å²) >= 11 is 0. The molecule has 0 spiro atoms. The minimum absolute atomic E-state index is 0.0107. The highest BCUT2D eigenvalue weighted by atomic mass is 16.8. The number of hydroxylamine groups is 3. The van der Waals surface area contributed by atoms with Crippen LogP contribution in [0.15, 0.2) is 0 Å². The first-order chi connectivity index (χ1) is 3.27. The van der Waals surface area contributed by atoms with E-state index in [1.807, 2.05) is 0 Å². The largest absolute Gasteiger partial charge is 0.317 e. The van der Waals surface area contributed by atoms with Gasteiger partial charge in [-0.15, -0.1) is 0 Å². The van der Waals surface area contributed by atoms with Gasteiger partial charge >= 0.3 is 0 Å². The van der Waals surface area contributed by atoms with Crippen LogP contribution in [0.25, 0.3) is 0 Å². The second-order valence-electron chi connectivity index (χ2n) is 1.00. The van der Waals surface area contributed by atoms with Crippen molar-refractivity contribution in [1.82, 2.24) is 10.7 Å². The zero-order valence-corrected chi connectivity index (χ0v) is 3.70. The van der Waals surface area contributed by atoms with E-state index in [1.165, 1.54) is 0 Å². The van der Waals surface area contributed by atoms with E-state index in [4.69, 9.17) is 15.6 Å². The molecule has 0 heterocycles. The molecule has 0 radical (unpaired) electrons. The van der Waals surface area contributed by atoms with Gasteiger partial charge in [-0.3, -0.25) is 10.4 Å². The topological polar surface area (TPSA) is 76.0 Å². The number of hydrogen-bond acceptors (Lipinski definition) is 5. The summed E-state index contributed by atoms with van der Waals surface area (Å²) in [6.45, 7) is 0.115. The summed E-state index contributed by atoms with van der Waals surface area (Å²) in [5.74, 6) is 0. The van der Waals surface area contributed by atoms with E-state index < -0.39 is 0 Å². The van der Waals surface area contributed by atoms with Crippen LogP contribution in [-0.2, 0) is 0 Å². The lowest BCUT2D eigenvalue weighted by molar-refractivity contribution is -0.306. The third-order valence-corrected chi connectivity index (χ3v) is 0.424. The Morgan fingerprint density at radius 3 is 2.14 bits per heavy atom. The quantitative estimate of drug-likeness (QED) is 0.350. The van der Waals surface area contributed by atoms with Crippen molar-refractivity contribution in [2.24, 2.45) is 0 Å². The van der Waals surface area contributed by atoms with Crippen molar-refractivity contribution >= 4 is 0 Å². The lowest BCUT2D eigenvalue weighted by Gasteiger charge is -2.01. The van der Waals surface area contributed by atoms with Gasteiger partial charge in [0, 0.05) is 6.54 Å². The molecule has 0 rings (SSSR count). The lowest BCUT2D eigenvalue weighted by atomic mass is 10.7. The van der Waals surface area contributed by atoms with Gasteiger partial charge in [0.25, 0.3) is 0 Å². The van der Waals surface area contributed by atoms with E-state index in [-0.39, 0.29) is 18.3 Å². The summed E-state index contributed by atoms with van der Waals surface area (Å²) < 4.78 is 0. The van der Waals surface area contributed by atoms with Crippen LogP contribution in [0.4, 0.5) is 0 Å². The van der Waals surface area contributed by atoms with Crippen LogP contribution < -0.4 is 5.48 Å². The van der Waals surface area contributed by atoms with E-state index in [2.05, 4.69) is 0 Å². The molecule has 0 saturated heterocycles. The van der Waals surface area contributed by atoms with E-state index in [9.17, 15) is 0 Å². The van der Waals surface area contributed by atoms with Crippen LogP contribution in [0.2, 0.25) is 0 Å². The molecule has 0 amide bonds. The third kappa shape index (κ3) is 5.80. The third-order valence-electron chi connectivity index (χ3n) is 0.424. The first-order valence-corrected chi connectivity index (χ1v) is 1.79. The first-order valence-electron chi connectivity index (χ1n) is 1.79. The predicted molar refractivity (Wildman–Crippen MR) is 20.1 cm³/mol. The van der Waals surface area contributed by atoms with Gasteiger partial charge in [-0.1, -0.05) is 5.23 Å². The molecule has 0 bridgehead atoms. The molecule has 0 aromatic heterocycles. The minimum Gasteiger partial charge on any atom is -0.317 e. The Bertz CT molecular complexity index is 39.9. The highest BCUT2D eigenvalue weighted by molar-refractivity contribution is 4.29. The Labute approximate surface area is 40.7 Å². The number of nitrogens with one attached hydrogen (secondary N) is 1. The van der Waals surface area contributed by atoms with Crippen molar-refractivity contribution in [1.29, 1.82) is 0 Å².